The highest BCUT2D eigenvalue weighted by atomic mass is 16.3. The fourth-order valence-electron chi connectivity index (χ4n) is 1.05. The van der Waals surface area contributed by atoms with Gasteiger partial charge in [0, 0.05) is 6.20 Å². The lowest BCUT2D eigenvalue weighted by Crippen LogP contribution is -2.28. The summed E-state index contributed by atoms with van der Waals surface area (Å²) in [6.07, 6.45) is 1.49. The molecule has 2 heterocycles. The van der Waals surface area contributed by atoms with Crippen LogP contribution in [-0.2, 0) is 0 Å². The van der Waals surface area contributed by atoms with Gasteiger partial charge in [0.25, 0.3) is 0 Å². The standard InChI is InChI=1S/C7H7N3O2/c1-4-2-5-3-10(8)7(11)9-6(5)12-4/h2-3H,8H2,1H3. The van der Waals surface area contributed by atoms with Crippen molar-refractivity contribution in [1.29, 1.82) is 0 Å². The molecule has 0 saturated carbocycles. The van der Waals surface area contributed by atoms with Crippen LogP contribution in [0.5, 0.6) is 0 Å². The normalized spacial score (nSPS) is 10.8. The van der Waals surface area contributed by atoms with Crippen LogP contribution >= 0.6 is 0 Å². The van der Waals surface area contributed by atoms with Gasteiger partial charge in [-0.05, 0) is 13.0 Å². The summed E-state index contributed by atoms with van der Waals surface area (Å²) in [5.41, 5.74) is -0.184. The van der Waals surface area contributed by atoms with Gasteiger partial charge in [-0.3, -0.25) is 0 Å². The topological polar surface area (TPSA) is 74.0 Å². The zero-order valence-electron chi connectivity index (χ0n) is 6.44. The van der Waals surface area contributed by atoms with Crippen LogP contribution in [0.15, 0.2) is 21.5 Å². The number of rotatable bonds is 0. The van der Waals surface area contributed by atoms with Gasteiger partial charge < -0.3 is 10.3 Å². The van der Waals surface area contributed by atoms with Gasteiger partial charge in [-0.15, -0.1) is 0 Å². The van der Waals surface area contributed by atoms with Gasteiger partial charge in [0.2, 0.25) is 5.71 Å². The van der Waals surface area contributed by atoms with Crippen LogP contribution in [0.25, 0.3) is 11.1 Å². The summed E-state index contributed by atoms with van der Waals surface area (Å²) in [5.74, 6) is 6.01. The molecule has 0 aliphatic heterocycles. The zero-order chi connectivity index (χ0) is 8.72. The van der Waals surface area contributed by atoms with Gasteiger partial charge in [-0.2, -0.15) is 4.98 Å². The molecule has 0 spiro atoms. The number of nitrogen functional groups attached to an aromatic ring is 1. The largest absolute Gasteiger partial charge is 0.443 e. The Hall–Kier alpha value is -1.78. The number of aromatic nitrogens is 2. The molecule has 5 heteroatoms. The first-order chi connectivity index (χ1) is 5.66. The molecule has 2 N–H and O–H groups in total. The molecular formula is C7H7N3O2. The van der Waals surface area contributed by atoms with Gasteiger partial charge in [0.05, 0.1) is 5.39 Å². The number of nitrogens with two attached hydrogens (primary N) is 1. The predicted molar refractivity (Wildman–Crippen MR) is 43.2 cm³/mol. The summed E-state index contributed by atoms with van der Waals surface area (Å²) in [6, 6.07) is 1.77. The van der Waals surface area contributed by atoms with E-state index in [9.17, 15) is 4.79 Å². The quantitative estimate of drug-likeness (QED) is 0.558. The zero-order valence-corrected chi connectivity index (χ0v) is 6.44. The summed E-state index contributed by atoms with van der Waals surface area (Å²) >= 11 is 0. The van der Waals surface area contributed by atoms with Gasteiger partial charge in [0.1, 0.15) is 5.76 Å². The Balaban J connectivity index is 2.92. The Bertz CT molecular complexity index is 483. The van der Waals surface area contributed by atoms with Crippen LogP contribution in [0.4, 0.5) is 0 Å². The van der Waals surface area contributed by atoms with E-state index in [1.165, 1.54) is 6.20 Å². The van der Waals surface area contributed by atoms with Crippen molar-refractivity contribution < 1.29 is 4.42 Å². The van der Waals surface area contributed by atoms with Gasteiger partial charge in [-0.25, -0.2) is 9.47 Å². The Morgan fingerprint density at radius 2 is 2.42 bits per heavy atom. The SMILES string of the molecule is Cc1cc2cn(N)c(=O)nc2o1. The van der Waals surface area contributed by atoms with E-state index in [2.05, 4.69) is 4.98 Å². The van der Waals surface area contributed by atoms with Crippen molar-refractivity contribution in [2.45, 2.75) is 6.92 Å². The maximum absolute atomic E-state index is 10.9. The molecule has 0 bridgehead atoms. The van der Waals surface area contributed by atoms with Crippen LogP contribution in [0.1, 0.15) is 5.76 Å². The molecule has 0 radical (unpaired) electrons. The van der Waals surface area contributed by atoms with Crippen LogP contribution in [0.2, 0.25) is 0 Å². The number of aryl methyl sites for hydroxylation is 1. The highest BCUT2D eigenvalue weighted by Crippen LogP contribution is 2.13. The second kappa shape index (κ2) is 2.10. The molecule has 62 valence electrons. The van der Waals surface area contributed by atoms with E-state index in [0.717, 1.165) is 10.1 Å². The van der Waals surface area contributed by atoms with Crippen molar-refractivity contribution in [3.8, 4) is 0 Å². The molecule has 0 aliphatic rings. The molecule has 2 aromatic rings. The van der Waals surface area contributed by atoms with E-state index in [1.54, 1.807) is 13.0 Å². The minimum Gasteiger partial charge on any atom is -0.443 e. The van der Waals surface area contributed by atoms with Gasteiger partial charge >= 0.3 is 5.69 Å². The van der Waals surface area contributed by atoms with E-state index in [1.807, 2.05) is 0 Å². The second-order valence-corrected chi connectivity index (χ2v) is 2.55. The van der Waals surface area contributed by atoms with Crippen molar-refractivity contribution in [2.24, 2.45) is 0 Å². The summed E-state index contributed by atoms with van der Waals surface area (Å²) in [5, 5.41) is 0.731. The van der Waals surface area contributed by atoms with E-state index in [4.69, 9.17) is 10.3 Å². The lowest BCUT2D eigenvalue weighted by molar-refractivity contribution is 0.564. The van der Waals surface area contributed by atoms with Crippen molar-refractivity contribution in [1.82, 2.24) is 9.66 Å². The molecule has 2 aromatic heterocycles. The predicted octanol–water partition coefficient (Wildman–Crippen LogP) is 0.0117. The molecule has 0 fully saturated rings. The van der Waals surface area contributed by atoms with E-state index in [-0.39, 0.29) is 0 Å². The minimum atomic E-state index is -0.517. The van der Waals surface area contributed by atoms with Crippen LogP contribution in [0.3, 0.4) is 0 Å². The molecular weight excluding hydrogens is 158 g/mol. The summed E-state index contributed by atoms with van der Waals surface area (Å²) in [4.78, 5) is 14.5. The number of nitrogens with zero attached hydrogens (tertiary/aromatic N) is 2. The summed E-state index contributed by atoms with van der Waals surface area (Å²) < 4.78 is 6.05. The lowest BCUT2D eigenvalue weighted by atomic mass is 10.4. The first-order valence-corrected chi connectivity index (χ1v) is 3.42. The molecule has 0 saturated heterocycles. The number of hydrogen-bond donors (Lipinski definition) is 1. The fourth-order valence-corrected chi connectivity index (χ4v) is 1.05. The van der Waals surface area contributed by atoms with Crippen LogP contribution in [0, 0.1) is 6.92 Å². The Labute approximate surface area is 67.4 Å². The average Bonchev–Trinajstić information content (AvgIpc) is 2.30. The number of hydrogen-bond acceptors (Lipinski definition) is 4. The van der Waals surface area contributed by atoms with Gasteiger partial charge in [0.15, 0.2) is 0 Å². The Morgan fingerprint density at radius 3 is 3.17 bits per heavy atom. The van der Waals surface area contributed by atoms with Crippen LogP contribution in [-0.4, -0.2) is 9.66 Å². The van der Waals surface area contributed by atoms with E-state index >= 15 is 0 Å². The highest BCUT2D eigenvalue weighted by molar-refractivity contribution is 5.72. The summed E-state index contributed by atoms with van der Waals surface area (Å²) in [7, 11) is 0. The van der Waals surface area contributed by atoms with Crippen molar-refractivity contribution in [2.75, 3.05) is 5.84 Å². The van der Waals surface area contributed by atoms with E-state index in [0.29, 0.717) is 11.5 Å². The lowest BCUT2D eigenvalue weighted by Gasteiger charge is -1.92. The first kappa shape index (κ1) is 6.90. The van der Waals surface area contributed by atoms with Crippen molar-refractivity contribution in [3.05, 3.63) is 28.5 Å². The average molecular weight is 165 g/mol. The molecule has 5 nitrogen and oxygen atoms in total. The van der Waals surface area contributed by atoms with E-state index < -0.39 is 5.69 Å². The molecule has 0 aliphatic carbocycles. The Morgan fingerprint density at radius 1 is 1.67 bits per heavy atom. The van der Waals surface area contributed by atoms with Crippen molar-refractivity contribution in [3.63, 3.8) is 0 Å². The first-order valence-electron chi connectivity index (χ1n) is 3.42. The smallest absolute Gasteiger partial charge is 0.369 e. The van der Waals surface area contributed by atoms with Gasteiger partial charge in [-0.1, -0.05) is 0 Å². The minimum absolute atomic E-state index is 0.333. The highest BCUT2D eigenvalue weighted by Gasteiger charge is 2.03. The monoisotopic (exact) mass is 165 g/mol. The molecule has 12 heavy (non-hydrogen) atoms. The maximum atomic E-state index is 10.9. The molecule has 0 unspecified atom stereocenters. The van der Waals surface area contributed by atoms with Crippen LogP contribution < -0.4 is 11.5 Å². The third-order valence-electron chi connectivity index (χ3n) is 1.56. The van der Waals surface area contributed by atoms with Crippen molar-refractivity contribution >= 4 is 11.1 Å². The third-order valence-corrected chi connectivity index (χ3v) is 1.56. The molecule has 2 rings (SSSR count). The molecule has 0 aromatic carbocycles. The number of fused-ring (bicyclic) bond motifs is 1. The Kier molecular flexibility index (Phi) is 1.21. The number of furan rings is 1. The second-order valence-electron chi connectivity index (χ2n) is 2.55. The summed E-state index contributed by atoms with van der Waals surface area (Å²) in [6.45, 7) is 1.78. The molecule has 0 atom stereocenters. The third kappa shape index (κ3) is 0.868. The maximum Gasteiger partial charge on any atom is 0.369 e. The molecule has 0 amide bonds. The fraction of sp³-hybridized carbons (Fsp3) is 0.143.